The highest BCUT2D eigenvalue weighted by Gasteiger charge is 2.21. The lowest BCUT2D eigenvalue weighted by Crippen LogP contribution is -2.05. The van der Waals surface area contributed by atoms with Gasteiger partial charge < -0.3 is 5.31 Å². The number of hydrogen-bond acceptors (Lipinski definition) is 1. The maximum absolute atomic E-state index is 11.9. The van der Waals surface area contributed by atoms with Crippen molar-refractivity contribution in [1.82, 2.24) is 0 Å². The molecule has 0 spiro atoms. The average Bonchev–Trinajstić information content (AvgIpc) is 2.25. The van der Waals surface area contributed by atoms with Crippen molar-refractivity contribution in [2.75, 3.05) is 5.31 Å². The Morgan fingerprint density at radius 1 is 1.38 bits per heavy atom. The van der Waals surface area contributed by atoms with Crippen LogP contribution in [0.3, 0.4) is 0 Å². The summed E-state index contributed by atoms with van der Waals surface area (Å²) >= 11 is 0. The largest absolute Gasteiger partial charge is 0.409 e. The molecule has 0 unspecified atom stereocenters. The summed E-state index contributed by atoms with van der Waals surface area (Å²) in [6, 6.07) is 5.62. The molecule has 0 saturated carbocycles. The first kappa shape index (κ1) is 10.7. The Balaban J connectivity index is 2.82. The lowest BCUT2D eigenvalue weighted by molar-refractivity contribution is -0.114. The molecule has 16 heavy (non-hydrogen) atoms. The molecule has 0 saturated heterocycles. The lowest BCUT2D eigenvalue weighted by Gasteiger charge is -2.02. The van der Waals surface area contributed by atoms with E-state index in [1.54, 1.807) is 0 Å². The summed E-state index contributed by atoms with van der Waals surface area (Å²) in [6.07, 6.45) is -3.29. The summed E-state index contributed by atoms with van der Waals surface area (Å²) in [7, 11) is 0. The maximum Gasteiger partial charge on any atom is 0.409 e. The van der Waals surface area contributed by atoms with Crippen LogP contribution in [0.25, 0.3) is 6.08 Å². The van der Waals surface area contributed by atoms with Gasteiger partial charge in [-0.25, -0.2) is 0 Å². The van der Waals surface area contributed by atoms with Crippen molar-refractivity contribution in [3.05, 3.63) is 35.9 Å². The van der Waals surface area contributed by atoms with Gasteiger partial charge in [-0.15, -0.1) is 0 Å². The van der Waals surface area contributed by atoms with Crippen LogP contribution in [0.1, 0.15) is 12.5 Å². The molecule has 1 aromatic rings. The van der Waals surface area contributed by atoms with E-state index < -0.39 is 12.1 Å². The van der Waals surface area contributed by atoms with Crippen LogP contribution >= 0.6 is 0 Å². The highest BCUT2D eigenvalue weighted by atomic mass is 19.4. The van der Waals surface area contributed by atoms with E-state index >= 15 is 0 Å². The smallest absolute Gasteiger partial charge is 0.326 e. The first-order valence-corrected chi connectivity index (χ1v) is 4.45. The molecule has 1 amide bonds. The number of allylic oxidation sites excluding steroid dienone is 1. The molecule has 0 radical (unpaired) electrons. The van der Waals surface area contributed by atoms with Gasteiger partial charge in [-0.05, 0) is 17.7 Å². The number of anilines is 1. The summed E-state index contributed by atoms with van der Waals surface area (Å²) in [5.41, 5.74) is 0.657. The minimum Gasteiger partial charge on any atom is -0.326 e. The number of alkyl halides is 3. The molecule has 2 nitrogen and oxygen atoms in total. The fraction of sp³-hybridized carbons (Fsp3) is 0.182. The predicted octanol–water partition coefficient (Wildman–Crippen LogP) is 3.22. The Morgan fingerprint density at radius 3 is 2.38 bits per heavy atom. The van der Waals surface area contributed by atoms with Gasteiger partial charge in [0.25, 0.3) is 0 Å². The molecular weight excluding hydrogens is 219 g/mol. The van der Waals surface area contributed by atoms with Crippen LogP contribution in [0.15, 0.2) is 30.3 Å². The van der Waals surface area contributed by atoms with E-state index in [0.717, 1.165) is 6.08 Å². The maximum atomic E-state index is 11.9. The van der Waals surface area contributed by atoms with Gasteiger partial charge in [0, 0.05) is 18.7 Å². The summed E-state index contributed by atoms with van der Waals surface area (Å²) in [5, 5.41) is 0.664. The molecule has 0 aliphatic heterocycles. The Kier molecular flexibility index (Phi) is 3.24. The number of halogens is 3. The first-order valence-electron chi connectivity index (χ1n) is 4.90. The summed E-state index contributed by atoms with van der Waals surface area (Å²) in [4.78, 5) is 10.9. The Hall–Kier alpha value is -1.78. The summed E-state index contributed by atoms with van der Waals surface area (Å²) in [5.74, 6) is -0.469. The highest BCUT2D eigenvalue weighted by Crippen LogP contribution is 2.18. The second kappa shape index (κ2) is 4.83. The van der Waals surface area contributed by atoms with E-state index in [1.807, 2.05) is 0 Å². The van der Waals surface area contributed by atoms with Gasteiger partial charge in [0.15, 0.2) is 1.41 Å². The standard InChI is InChI=1S/C11H10F3NO/c1-8(16)15-10-4-2-9(3-5-10)6-7-11(12,13)14/h2-7H,1H3,(H,15,16)/i/hD. The molecule has 0 atom stereocenters. The van der Waals surface area contributed by atoms with Crippen LogP contribution in [0.4, 0.5) is 18.9 Å². The monoisotopic (exact) mass is 230 g/mol. The lowest BCUT2D eigenvalue weighted by atomic mass is 10.2. The van der Waals surface area contributed by atoms with Gasteiger partial charge >= 0.3 is 6.18 Å². The number of benzene rings is 1. The van der Waals surface area contributed by atoms with Crippen molar-refractivity contribution in [2.24, 2.45) is 0 Å². The van der Waals surface area contributed by atoms with Gasteiger partial charge in [-0.2, -0.15) is 13.2 Å². The minimum atomic E-state index is -4.35. The second-order valence-electron chi connectivity index (χ2n) is 3.10. The SMILES string of the molecule is [2H]N(C(C)=O)c1ccc(C=CC(F)(F)F)cc1. The number of carbonyl (C=O) groups excluding carboxylic acids is 1. The van der Waals surface area contributed by atoms with Gasteiger partial charge in [0.1, 0.15) is 0 Å². The number of carbonyl (C=O) groups is 1. The van der Waals surface area contributed by atoms with Crippen molar-refractivity contribution < 1.29 is 19.4 Å². The van der Waals surface area contributed by atoms with Crippen molar-refractivity contribution in [3.8, 4) is 0 Å². The van der Waals surface area contributed by atoms with Gasteiger partial charge in [-0.3, -0.25) is 4.79 Å². The Morgan fingerprint density at radius 2 is 1.94 bits per heavy atom. The highest BCUT2D eigenvalue weighted by molar-refractivity contribution is 5.88. The number of rotatable bonds is 2. The Bertz CT molecular complexity index is 425. The third kappa shape index (κ3) is 4.63. The number of amides is 1. The normalized spacial score (nSPS) is 12.6. The second-order valence-corrected chi connectivity index (χ2v) is 3.10. The van der Waals surface area contributed by atoms with Crippen molar-refractivity contribution in [3.63, 3.8) is 0 Å². The molecule has 0 aliphatic rings. The van der Waals surface area contributed by atoms with Crippen molar-refractivity contribution in [1.29, 1.82) is 0 Å². The van der Waals surface area contributed by atoms with Crippen LogP contribution in [0.2, 0.25) is 1.41 Å². The fourth-order valence-electron chi connectivity index (χ4n) is 1.03. The zero-order valence-corrected chi connectivity index (χ0v) is 8.45. The molecule has 1 aromatic carbocycles. The molecule has 0 aromatic heterocycles. The first-order chi connectivity index (χ1) is 7.79. The molecule has 5 heteroatoms. The van der Waals surface area contributed by atoms with Crippen LogP contribution in [0.5, 0.6) is 0 Å². The Labute approximate surface area is 92.2 Å². The van der Waals surface area contributed by atoms with E-state index in [0.29, 0.717) is 16.6 Å². The van der Waals surface area contributed by atoms with E-state index in [2.05, 4.69) is 0 Å². The average molecular weight is 230 g/mol. The van der Waals surface area contributed by atoms with Crippen LogP contribution < -0.4 is 5.31 Å². The molecule has 86 valence electrons. The van der Waals surface area contributed by atoms with Gasteiger partial charge in [-0.1, -0.05) is 18.2 Å². The summed E-state index contributed by atoms with van der Waals surface area (Å²) in [6.45, 7) is 1.23. The zero-order chi connectivity index (χ0) is 13.1. The topological polar surface area (TPSA) is 29.1 Å². The predicted molar refractivity (Wildman–Crippen MR) is 55.8 cm³/mol. The van der Waals surface area contributed by atoms with Crippen LogP contribution in [-0.4, -0.2) is 12.1 Å². The van der Waals surface area contributed by atoms with Crippen molar-refractivity contribution >= 4 is 17.7 Å². The van der Waals surface area contributed by atoms with Gasteiger partial charge in [0.2, 0.25) is 5.91 Å². The van der Waals surface area contributed by atoms with E-state index in [-0.39, 0.29) is 6.08 Å². The third-order valence-electron chi connectivity index (χ3n) is 1.64. The molecule has 0 aliphatic carbocycles. The van der Waals surface area contributed by atoms with E-state index in [1.165, 1.54) is 31.2 Å². The quantitative estimate of drug-likeness (QED) is 0.830. The van der Waals surface area contributed by atoms with Gasteiger partial charge in [0.05, 0.1) is 0 Å². The molecule has 0 heterocycles. The third-order valence-corrected chi connectivity index (χ3v) is 1.64. The molecule has 0 bridgehead atoms. The molecule has 0 fully saturated rings. The number of nitrogens with one attached hydrogen (secondary N) is 1. The molecular formula is C11H10F3NO. The molecule has 1 N–H and O–H groups in total. The molecule has 1 rings (SSSR count). The van der Waals surface area contributed by atoms with Crippen LogP contribution in [0, 0.1) is 0 Å². The van der Waals surface area contributed by atoms with E-state index in [4.69, 9.17) is 1.41 Å². The van der Waals surface area contributed by atoms with Crippen molar-refractivity contribution in [2.45, 2.75) is 13.1 Å². The zero-order valence-electron chi connectivity index (χ0n) is 9.45. The summed E-state index contributed by atoms with van der Waals surface area (Å²) < 4.78 is 43.0. The number of hydrogen-bond donors (Lipinski definition) is 1. The minimum absolute atomic E-state index is 0.130. The van der Waals surface area contributed by atoms with E-state index in [9.17, 15) is 18.0 Å². The fourth-order valence-corrected chi connectivity index (χ4v) is 1.03. The van der Waals surface area contributed by atoms with Crippen LogP contribution in [-0.2, 0) is 4.79 Å².